The van der Waals surface area contributed by atoms with E-state index in [0.717, 1.165) is 40.9 Å². The molecular formula is C66H142. The van der Waals surface area contributed by atoms with Gasteiger partial charge in [0.15, 0.2) is 0 Å². The summed E-state index contributed by atoms with van der Waals surface area (Å²) in [4.78, 5) is 0. The van der Waals surface area contributed by atoms with Gasteiger partial charge in [0, 0.05) is 0 Å². The highest BCUT2D eigenvalue weighted by Crippen LogP contribution is 2.59. The van der Waals surface area contributed by atoms with Gasteiger partial charge in [-0.1, -0.05) is 286 Å². The smallest absolute Gasteiger partial charge is 0.0200 e. The van der Waals surface area contributed by atoms with Crippen LogP contribution in [-0.4, -0.2) is 0 Å². The van der Waals surface area contributed by atoms with Crippen molar-refractivity contribution in [2.24, 2.45) is 78.8 Å². The molecule has 5 fully saturated rings. The Hall–Kier alpha value is 0. The molecule has 0 nitrogen and oxygen atoms in total. The first-order valence-corrected chi connectivity index (χ1v) is 30.4. The molecule has 5 aliphatic carbocycles. The average Bonchev–Trinajstić information content (AvgIpc) is 3.90. The van der Waals surface area contributed by atoms with E-state index < -0.39 is 0 Å². The molecule has 0 heterocycles. The molecule has 0 spiro atoms. The van der Waals surface area contributed by atoms with Gasteiger partial charge < -0.3 is 0 Å². The van der Waals surface area contributed by atoms with Gasteiger partial charge in [-0.05, 0) is 143 Å². The highest BCUT2D eigenvalue weighted by atomic mass is 14.5. The quantitative estimate of drug-likeness (QED) is 0.233. The van der Waals surface area contributed by atoms with Gasteiger partial charge in [-0.25, -0.2) is 0 Å². The van der Waals surface area contributed by atoms with Gasteiger partial charge in [-0.2, -0.15) is 0 Å². The molecule has 66 heavy (non-hydrogen) atoms. The Bertz CT molecular complexity index is 978. The number of hydrogen-bond acceptors (Lipinski definition) is 0. The summed E-state index contributed by atoms with van der Waals surface area (Å²) in [5.74, 6) is 5.29. The third-order valence-corrected chi connectivity index (χ3v) is 19.1. The van der Waals surface area contributed by atoms with Gasteiger partial charge in [0.2, 0.25) is 0 Å². The van der Waals surface area contributed by atoms with Crippen molar-refractivity contribution < 1.29 is 0 Å². The average molecular weight is 936 g/mol. The zero-order valence-electron chi connectivity index (χ0n) is 53.6. The van der Waals surface area contributed by atoms with Gasteiger partial charge >= 0.3 is 0 Å². The summed E-state index contributed by atoms with van der Waals surface area (Å²) >= 11 is 0. The van der Waals surface area contributed by atoms with Crippen molar-refractivity contribution >= 4 is 0 Å². The number of hydrogen-bond donors (Lipinski definition) is 0. The molecule has 0 bridgehead atoms. The molecule has 0 aromatic rings. The maximum Gasteiger partial charge on any atom is -0.0200 e. The lowest BCUT2D eigenvalue weighted by Gasteiger charge is -2.54. The van der Waals surface area contributed by atoms with Crippen molar-refractivity contribution in [2.75, 3.05) is 0 Å². The molecule has 0 amide bonds. The Balaban J connectivity index is -0.000000226. The summed E-state index contributed by atoms with van der Waals surface area (Å²) < 4.78 is 0. The van der Waals surface area contributed by atoms with Gasteiger partial charge in [0.05, 0.1) is 0 Å². The molecule has 0 heteroatoms. The van der Waals surface area contributed by atoms with Crippen LogP contribution in [0.3, 0.4) is 0 Å². The normalized spacial score (nSPS) is 20.6. The van der Waals surface area contributed by atoms with E-state index in [-0.39, 0.29) is 0 Å². The van der Waals surface area contributed by atoms with Crippen LogP contribution in [0.15, 0.2) is 0 Å². The Labute approximate surface area is 426 Å². The van der Waals surface area contributed by atoms with Gasteiger partial charge in [0.1, 0.15) is 0 Å². The zero-order valence-corrected chi connectivity index (χ0v) is 53.6. The molecule has 5 saturated carbocycles. The highest BCUT2D eigenvalue weighted by Gasteiger charge is 2.50. The van der Waals surface area contributed by atoms with Gasteiger partial charge in [-0.3, -0.25) is 0 Å². The molecule has 5 rings (SSSR count). The van der Waals surface area contributed by atoms with Crippen molar-refractivity contribution in [3.8, 4) is 0 Å². The minimum absolute atomic E-state index is 0.440. The first-order chi connectivity index (χ1) is 30.4. The summed E-state index contributed by atoms with van der Waals surface area (Å²) in [6.45, 7) is 72.8. The van der Waals surface area contributed by atoms with Crippen molar-refractivity contribution in [3.05, 3.63) is 0 Å². The van der Waals surface area contributed by atoms with Crippen LogP contribution in [0.5, 0.6) is 0 Å². The van der Waals surface area contributed by atoms with E-state index in [2.05, 4.69) is 152 Å². The van der Waals surface area contributed by atoms with Crippen molar-refractivity contribution in [1.82, 2.24) is 0 Å². The molecular weight excluding hydrogens is 793 g/mol. The predicted molar refractivity (Wildman–Crippen MR) is 314 cm³/mol. The minimum atomic E-state index is 0.440. The fraction of sp³-hybridized carbons (Fsp3) is 1.00. The summed E-state index contributed by atoms with van der Waals surface area (Å²) in [6.07, 6.45) is 29.2. The molecule has 0 N–H and O–H groups in total. The van der Waals surface area contributed by atoms with E-state index in [1.165, 1.54) is 128 Å². The van der Waals surface area contributed by atoms with Crippen molar-refractivity contribution in [3.63, 3.8) is 0 Å². The molecule has 0 unspecified atom stereocenters. The molecule has 0 saturated heterocycles. The molecule has 0 radical (unpaired) electrons. The van der Waals surface area contributed by atoms with Crippen molar-refractivity contribution in [2.45, 2.75) is 350 Å². The fourth-order valence-electron chi connectivity index (χ4n) is 13.2. The van der Waals surface area contributed by atoms with Crippen LogP contribution < -0.4 is 0 Å². The van der Waals surface area contributed by atoms with Crippen LogP contribution in [0.2, 0.25) is 0 Å². The Morgan fingerprint density at radius 1 is 0.242 bits per heavy atom. The predicted octanol–water partition coefficient (Wildman–Crippen LogP) is 25.0. The van der Waals surface area contributed by atoms with E-state index in [1.807, 2.05) is 69.2 Å². The van der Waals surface area contributed by atoms with E-state index in [0.29, 0.717) is 37.9 Å². The highest BCUT2D eigenvalue weighted by molar-refractivity contribution is 5.00. The first kappa shape index (κ1) is 74.9. The lowest BCUT2D eigenvalue weighted by atomic mass is 9.51. The summed E-state index contributed by atoms with van der Waals surface area (Å²) in [5, 5.41) is 0. The molecule has 0 atom stereocenters. The van der Waals surface area contributed by atoms with Crippen molar-refractivity contribution in [1.29, 1.82) is 0 Å². The minimum Gasteiger partial charge on any atom is -0.0683 e. The standard InChI is InChI=1S/C15H30.C12H24.C11H22.C10H20.C8H16.5C2H6/c1-13(2,3)15(14(4,5)6)11-9-7-8-10-12-15;1-10(2)12(11(3)4)8-6-5-7-9-12;1-9(2)11(10(3)4)7-5-6-8-11;1-8(2)10(9(3)4)6-5-7-10;1-7(2,3)8(4)5-6-8;5*1-2/h7-12H2,1-6H3;10-11H,5-9H2,1-4H3;9-10H,5-8H2,1-4H3;8-9H,5-7H2,1-4H3;5-6H2,1-4H3;5*1-2H3. The van der Waals surface area contributed by atoms with Gasteiger partial charge in [-0.15, -0.1) is 0 Å². The molecule has 406 valence electrons. The summed E-state index contributed by atoms with van der Waals surface area (Å²) in [5.41, 5.74) is 4.75. The Morgan fingerprint density at radius 3 is 0.545 bits per heavy atom. The van der Waals surface area contributed by atoms with Crippen LogP contribution >= 0.6 is 0 Å². The largest absolute Gasteiger partial charge is 0.0683 e. The van der Waals surface area contributed by atoms with E-state index >= 15 is 0 Å². The van der Waals surface area contributed by atoms with E-state index in [9.17, 15) is 0 Å². The zero-order chi connectivity index (χ0) is 53.6. The summed E-state index contributed by atoms with van der Waals surface area (Å²) in [6, 6.07) is 0. The molecule has 5 aliphatic rings. The SMILES string of the molecule is CC.CC.CC.CC.CC.CC(C)(C)C1(C(C)(C)C)CCCCCC1.CC(C)(C)C1(C)CC1.CC(C)C1(C(C)C)CCC1.CC(C)C1(C(C)C)CCCC1.CC(C)C1(C(C)C)CCCCC1. The van der Waals surface area contributed by atoms with Crippen LogP contribution in [0.1, 0.15) is 350 Å². The van der Waals surface area contributed by atoms with E-state index in [4.69, 9.17) is 0 Å². The summed E-state index contributed by atoms with van der Waals surface area (Å²) in [7, 11) is 0. The Morgan fingerprint density at radius 2 is 0.424 bits per heavy atom. The van der Waals surface area contributed by atoms with Crippen LogP contribution in [0, 0.1) is 78.8 Å². The first-order valence-electron chi connectivity index (χ1n) is 30.4. The molecule has 0 aromatic carbocycles. The third-order valence-electron chi connectivity index (χ3n) is 19.1. The lowest BCUT2D eigenvalue weighted by molar-refractivity contribution is -0.0462. The monoisotopic (exact) mass is 935 g/mol. The Kier molecular flexibility index (Phi) is 40.9. The topological polar surface area (TPSA) is 0 Å². The maximum atomic E-state index is 2.45. The molecule has 0 aromatic heterocycles. The molecule has 0 aliphatic heterocycles. The third kappa shape index (κ3) is 22.6. The maximum absolute atomic E-state index is 2.45. The second kappa shape index (κ2) is 36.0. The van der Waals surface area contributed by atoms with E-state index in [1.54, 1.807) is 0 Å². The number of rotatable bonds is 6. The van der Waals surface area contributed by atoms with Crippen LogP contribution in [0.25, 0.3) is 0 Å². The van der Waals surface area contributed by atoms with Crippen LogP contribution in [-0.2, 0) is 0 Å². The van der Waals surface area contributed by atoms with Crippen LogP contribution in [0.4, 0.5) is 0 Å². The lowest BCUT2D eigenvalue weighted by Crippen LogP contribution is -2.45. The second-order valence-corrected chi connectivity index (χ2v) is 26.1. The fourth-order valence-corrected chi connectivity index (χ4v) is 13.2. The second-order valence-electron chi connectivity index (χ2n) is 26.1. The van der Waals surface area contributed by atoms with Gasteiger partial charge in [0.25, 0.3) is 0 Å².